The molecule has 1 fully saturated rings. The van der Waals surface area contributed by atoms with E-state index in [2.05, 4.69) is 10.6 Å². The Morgan fingerprint density at radius 2 is 1.82 bits per heavy atom. The molecule has 0 bridgehead atoms. The first kappa shape index (κ1) is 20.4. The van der Waals surface area contributed by atoms with Crippen LogP contribution in [0, 0.1) is 5.82 Å². The van der Waals surface area contributed by atoms with Crippen molar-refractivity contribution in [1.82, 2.24) is 5.32 Å². The molecule has 2 aromatic rings. The summed E-state index contributed by atoms with van der Waals surface area (Å²) in [5.74, 6) is -1.70. The molecule has 0 saturated carbocycles. The monoisotopic (exact) mass is 402 g/mol. The van der Waals surface area contributed by atoms with E-state index in [-0.39, 0.29) is 11.2 Å². The summed E-state index contributed by atoms with van der Waals surface area (Å²) in [7, 11) is 0. The van der Waals surface area contributed by atoms with E-state index in [1.165, 1.54) is 12.1 Å². The van der Waals surface area contributed by atoms with Crippen molar-refractivity contribution in [2.75, 3.05) is 31.3 Å². The van der Waals surface area contributed by atoms with Crippen molar-refractivity contribution in [3.63, 3.8) is 0 Å². The van der Waals surface area contributed by atoms with Gasteiger partial charge in [-0.15, -0.1) is 11.8 Å². The quantitative estimate of drug-likeness (QED) is 0.595. The fourth-order valence-electron chi connectivity index (χ4n) is 3.35. The zero-order valence-electron chi connectivity index (χ0n) is 15.7. The molecule has 0 radical (unpaired) electrons. The van der Waals surface area contributed by atoms with E-state index in [0.29, 0.717) is 38.3 Å². The number of carbonyl (C=O) groups excluding carboxylic acids is 2. The van der Waals surface area contributed by atoms with Gasteiger partial charge in [-0.3, -0.25) is 9.59 Å². The Kier molecular flexibility index (Phi) is 6.70. The third-order valence-electron chi connectivity index (χ3n) is 5.03. The lowest BCUT2D eigenvalue weighted by molar-refractivity contribution is -0.136. The van der Waals surface area contributed by atoms with Crippen LogP contribution in [-0.2, 0) is 19.7 Å². The van der Waals surface area contributed by atoms with Crippen LogP contribution >= 0.6 is 11.8 Å². The number of hydrogen-bond donors (Lipinski definition) is 2. The number of nitrogens with one attached hydrogen (secondary N) is 2. The molecule has 7 heteroatoms. The normalized spacial score (nSPS) is 15.6. The van der Waals surface area contributed by atoms with Crippen LogP contribution in [0.25, 0.3) is 0 Å². The van der Waals surface area contributed by atoms with Gasteiger partial charge in [-0.2, -0.15) is 0 Å². The molecule has 0 aliphatic carbocycles. The van der Waals surface area contributed by atoms with Gasteiger partial charge >= 0.3 is 11.8 Å². The lowest BCUT2D eigenvalue weighted by Crippen LogP contribution is -2.47. The second-order valence-corrected chi connectivity index (χ2v) is 7.65. The summed E-state index contributed by atoms with van der Waals surface area (Å²) in [5.41, 5.74) is 1.14. The second-order valence-electron chi connectivity index (χ2n) is 6.77. The molecule has 1 aliphatic heterocycles. The highest BCUT2D eigenvalue weighted by Crippen LogP contribution is 2.34. The molecule has 0 atom stereocenters. The van der Waals surface area contributed by atoms with Crippen LogP contribution < -0.4 is 10.6 Å². The van der Waals surface area contributed by atoms with Gasteiger partial charge < -0.3 is 15.4 Å². The number of amides is 2. The Bertz CT molecular complexity index is 836. The first-order chi connectivity index (χ1) is 13.5. The summed E-state index contributed by atoms with van der Waals surface area (Å²) >= 11 is 1.56. The molecule has 0 aromatic heterocycles. The highest BCUT2D eigenvalue weighted by molar-refractivity contribution is 7.98. The van der Waals surface area contributed by atoms with E-state index in [1.54, 1.807) is 30.0 Å². The molecular weight excluding hydrogens is 379 g/mol. The highest BCUT2D eigenvalue weighted by Gasteiger charge is 2.35. The predicted octanol–water partition coefficient (Wildman–Crippen LogP) is 3.35. The summed E-state index contributed by atoms with van der Waals surface area (Å²) in [5, 5.41) is 5.37. The number of anilines is 1. The molecule has 1 heterocycles. The fraction of sp³-hybridized carbons (Fsp3) is 0.333. The van der Waals surface area contributed by atoms with Gasteiger partial charge in [0.25, 0.3) is 0 Å². The Hall–Kier alpha value is -2.38. The van der Waals surface area contributed by atoms with E-state index in [0.717, 1.165) is 10.5 Å². The lowest BCUT2D eigenvalue weighted by Gasteiger charge is -2.37. The highest BCUT2D eigenvalue weighted by atomic mass is 32.2. The number of hydrogen-bond acceptors (Lipinski definition) is 4. The Morgan fingerprint density at radius 3 is 2.50 bits per heavy atom. The van der Waals surface area contributed by atoms with Gasteiger partial charge in [0.1, 0.15) is 5.82 Å². The van der Waals surface area contributed by atoms with E-state index >= 15 is 0 Å². The van der Waals surface area contributed by atoms with Gasteiger partial charge in [-0.05, 0) is 55.0 Å². The third-order valence-corrected chi connectivity index (χ3v) is 5.75. The summed E-state index contributed by atoms with van der Waals surface area (Å²) in [6.07, 6.45) is 3.32. The van der Waals surface area contributed by atoms with E-state index in [9.17, 15) is 14.0 Å². The van der Waals surface area contributed by atoms with Gasteiger partial charge in [0.15, 0.2) is 0 Å². The molecule has 2 aromatic carbocycles. The van der Waals surface area contributed by atoms with Crippen LogP contribution in [0.2, 0.25) is 0 Å². The van der Waals surface area contributed by atoms with Gasteiger partial charge in [-0.1, -0.05) is 18.2 Å². The van der Waals surface area contributed by atoms with E-state index in [4.69, 9.17) is 4.74 Å². The van der Waals surface area contributed by atoms with Crippen molar-refractivity contribution < 1.29 is 18.7 Å². The average Bonchev–Trinajstić information content (AvgIpc) is 2.73. The van der Waals surface area contributed by atoms with Crippen molar-refractivity contribution >= 4 is 29.3 Å². The lowest BCUT2D eigenvalue weighted by atomic mass is 9.74. The molecule has 1 aliphatic rings. The minimum atomic E-state index is -0.709. The molecule has 28 heavy (non-hydrogen) atoms. The summed E-state index contributed by atoms with van der Waals surface area (Å²) < 4.78 is 18.8. The summed E-state index contributed by atoms with van der Waals surface area (Å²) in [6, 6.07) is 13.6. The van der Waals surface area contributed by atoms with Gasteiger partial charge in [0.2, 0.25) is 0 Å². The second kappa shape index (κ2) is 9.21. The van der Waals surface area contributed by atoms with Crippen molar-refractivity contribution in [1.29, 1.82) is 0 Å². The number of thioether (sulfide) groups is 1. The first-order valence-electron chi connectivity index (χ1n) is 9.09. The average molecular weight is 402 g/mol. The minimum Gasteiger partial charge on any atom is -0.381 e. The number of ether oxygens (including phenoxy) is 1. The largest absolute Gasteiger partial charge is 0.381 e. The molecule has 0 spiro atoms. The molecular formula is C21H23FN2O3S. The predicted molar refractivity (Wildman–Crippen MR) is 108 cm³/mol. The molecule has 2 amide bonds. The topological polar surface area (TPSA) is 67.4 Å². The number of benzene rings is 2. The zero-order chi connectivity index (χ0) is 20.0. The van der Waals surface area contributed by atoms with Crippen molar-refractivity contribution in [2.24, 2.45) is 0 Å². The van der Waals surface area contributed by atoms with E-state index < -0.39 is 11.8 Å². The van der Waals surface area contributed by atoms with Crippen LogP contribution in [0.3, 0.4) is 0 Å². The fourth-order valence-corrected chi connectivity index (χ4v) is 3.81. The Labute approximate surface area is 168 Å². The molecule has 148 valence electrons. The maximum Gasteiger partial charge on any atom is 0.313 e. The smallest absolute Gasteiger partial charge is 0.313 e. The van der Waals surface area contributed by atoms with Crippen molar-refractivity contribution in [2.45, 2.75) is 23.2 Å². The van der Waals surface area contributed by atoms with Gasteiger partial charge in [-0.25, -0.2) is 4.39 Å². The molecule has 1 saturated heterocycles. The van der Waals surface area contributed by atoms with Crippen LogP contribution in [0.15, 0.2) is 53.4 Å². The number of halogens is 1. The number of rotatable bonds is 5. The van der Waals surface area contributed by atoms with Gasteiger partial charge in [0.05, 0.1) is 0 Å². The maximum absolute atomic E-state index is 13.3. The van der Waals surface area contributed by atoms with Crippen LogP contribution in [0.1, 0.15) is 18.4 Å². The van der Waals surface area contributed by atoms with Crippen molar-refractivity contribution in [3.8, 4) is 0 Å². The standard InChI is InChI=1S/C21H23FN2O3S/c1-28-18-4-2-3-17(13-18)24-20(26)19(25)23-14-21(9-11-27-12-10-21)15-5-7-16(22)8-6-15/h2-8,13H,9-12,14H2,1H3,(H,23,25)(H,24,26). The van der Waals surface area contributed by atoms with Crippen molar-refractivity contribution in [3.05, 3.63) is 59.9 Å². The van der Waals surface area contributed by atoms with Crippen LogP contribution in [0.5, 0.6) is 0 Å². The first-order valence-corrected chi connectivity index (χ1v) is 10.3. The number of carbonyl (C=O) groups is 2. The molecule has 2 N–H and O–H groups in total. The SMILES string of the molecule is CSc1cccc(NC(=O)C(=O)NCC2(c3ccc(F)cc3)CCOCC2)c1. The van der Waals surface area contributed by atoms with E-state index in [1.807, 2.05) is 24.5 Å². The Morgan fingerprint density at radius 1 is 1.11 bits per heavy atom. The summed E-state index contributed by atoms with van der Waals surface area (Å²) in [6.45, 7) is 1.40. The molecule has 3 rings (SSSR count). The third kappa shape index (κ3) is 4.91. The maximum atomic E-state index is 13.3. The Balaban J connectivity index is 1.66. The molecule has 0 unspecified atom stereocenters. The van der Waals surface area contributed by atoms with Crippen LogP contribution in [0.4, 0.5) is 10.1 Å². The minimum absolute atomic E-state index is 0.291. The van der Waals surface area contributed by atoms with Gasteiger partial charge in [0, 0.05) is 35.8 Å². The van der Waals surface area contributed by atoms with Crippen LogP contribution in [-0.4, -0.2) is 37.8 Å². The summed E-state index contributed by atoms with van der Waals surface area (Å²) in [4.78, 5) is 25.6. The molecule has 5 nitrogen and oxygen atoms in total. The zero-order valence-corrected chi connectivity index (χ0v) is 16.5.